The number of halogens is 1. The van der Waals surface area contributed by atoms with Crippen molar-refractivity contribution < 1.29 is 32.1 Å². The third-order valence-corrected chi connectivity index (χ3v) is 3.46. The molecule has 0 rings (SSSR count). The second kappa shape index (κ2) is 9.20. The monoisotopic (exact) mass is 298 g/mol. The van der Waals surface area contributed by atoms with Crippen molar-refractivity contribution in [3.8, 4) is 0 Å². The molecule has 112 valence electrons. The van der Waals surface area contributed by atoms with Crippen molar-refractivity contribution in [2.75, 3.05) is 19.8 Å². The number of esters is 1. The van der Waals surface area contributed by atoms with Gasteiger partial charge in [-0.25, -0.2) is 9.36 Å². The van der Waals surface area contributed by atoms with Gasteiger partial charge in [0.2, 0.25) is 5.83 Å². The highest BCUT2D eigenvalue weighted by atomic mass is 31.2. The van der Waals surface area contributed by atoms with Gasteiger partial charge in [0, 0.05) is 0 Å². The van der Waals surface area contributed by atoms with E-state index in [0.29, 0.717) is 0 Å². The number of ether oxygens (including phenoxy) is 1. The standard InChI is InChI=1S/C11H20FO6P/c1-5-15-11(13)10(12)8-9(4)18-19(14,16-6-2)17-7-3/h8-9H,5-7H2,1-4H3/b10-8-/t9-/m0/s1. The summed E-state index contributed by atoms with van der Waals surface area (Å²) in [5, 5.41) is 0. The molecule has 1 atom stereocenters. The first-order valence-electron chi connectivity index (χ1n) is 6.00. The van der Waals surface area contributed by atoms with Crippen molar-refractivity contribution in [2.24, 2.45) is 0 Å². The summed E-state index contributed by atoms with van der Waals surface area (Å²) in [5.74, 6) is -2.21. The summed E-state index contributed by atoms with van der Waals surface area (Å²) in [6.07, 6.45) is -0.115. The fourth-order valence-electron chi connectivity index (χ4n) is 1.12. The molecule has 0 spiro atoms. The van der Waals surface area contributed by atoms with Gasteiger partial charge in [0.1, 0.15) is 0 Å². The van der Waals surface area contributed by atoms with Crippen LogP contribution in [-0.2, 0) is 27.7 Å². The van der Waals surface area contributed by atoms with Crippen molar-refractivity contribution >= 4 is 13.8 Å². The molecule has 0 saturated heterocycles. The highest BCUT2D eigenvalue weighted by molar-refractivity contribution is 7.48. The fourth-order valence-corrected chi connectivity index (χ4v) is 2.42. The number of rotatable bonds is 9. The molecular formula is C11H20FO6P. The van der Waals surface area contributed by atoms with Crippen LogP contribution >= 0.6 is 7.82 Å². The summed E-state index contributed by atoms with van der Waals surface area (Å²) < 4.78 is 44.5. The molecule has 0 aromatic heterocycles. The maximum Gasteiger partial charge on any atom is 0.475 e. The molecule has 19 heavy (non-hydrogen) atoms. The summed E-state index contributed by atoms with van der Waals surface area (Å²) in [5.41, 5.74) is 0. The third-order valence-electron chi connectivity index (χ3n) is 1.72. The van der Waals surface area contributed by atoms with Crippen LogP contribution in [0.25, 0.3) is 0 Å². The van der Waals surface area contributed by atoms with Gasteiger partial charge in [-0.3, -0.25) is 13.6 Å². The first kappa shape index (κ1) is 18.2. The zero-order chi connectivity index (χ0) is 14.9. The Labute approximate surface area is 112 Å². The van der Waals surface area contributed by atoms with E-state index in [4.69, 9.17) is 13.6 Å². The maximum atomic E-state index is 13.3. The third kappa shape index (κ3) is 7.42. The van der Waals surface area contributed by atoms with Gasteiger partial charge in [-0.1, -0.05) is 0 Å². The minimum atomic E-state index is -3.74. The lowest BCUT2D eigenvalue weighted by Crippen LogP contribution is -2.11. The molecule has 0 unspecified atom stereocenters. The van der Waals surface area contributed by atoms with Crippen LogP contribution in [0.2, 0.25) is 0 Å². The van der Waals surface area contributed by atoms with Crippen molar-refractivity contribution in [2.45, 2.75) is 33.8 Å². The molecule has 0 radical (unpaired) electrons. The quantitative estimate of drug-likeness (QED) is 0.370. The zero-order valence-corrected chi connectivity index (χ0v) is 12.4. The Morgan fingerprint density at radius 1 is 1.21 bits per heavy atom. The summed E-state index contributed by atoms with van der Waals surface area (Å²) >= 11 is 0. The maximum absolute atomic E-state index is 13.3. The van der Waals surface area contributed by atoms with Gasteiger partial charge in [0.15, 0.2) is 0 Å². The second-order valence-corrected chi connectivity index (χ2v) is 4.95. The normalized spacial score (nSPS) is 14.3. The minimum Gasteiger partial charge on any atom is -0.461 e. The van der Waals surface area contributed by atoms with Crippen LogP contribution in [0, 0.1) is 0 Å². The van der Waals surface area contributed by atoms with Gasteiger partial charge >= 0.3 is 13.8 Å². The van der Waals surface area contributed by atoms with Crippen LogP contribution in [0.15, 0.2) is 11.9 Å². The summed E-state index contributed by atoms with van der Waals surface area (Å²) in [7, 11) is -3.74. The Bertz CT molecular complexity index is 347. The molecule has 8 heteroatoms. The lowest BCUT2D eigenvalue weighted by atomic mass is 10.3. The average molecular weight is 298 g/mol. The van der Waals surface area contributed by atoms with Crippen molar-refractivity contribution in [3.63, 3.8) is 0 Å². The Hall–Kier alpha value is -0.750. The Morgan fingerprint density at radius 3 is 2.16 bits per heavy atom. The van der Waals surface area contributed by atoms with Gasteiger partial charge in [-0.05, 0) is 33.8 Å². The van der Waals surface area contributed by atoms with Gasteiger partial charge in [-0.15, -0.1) is 0 Å². The van der Waals surface area contributed by atoms with E-state index in [2.05, 4.69) is 4.74 Å². The average Bonchev–Trinajstić information content (AvgIpc) is 2.28. The highest BCUT2D eigenvalue weighted by Gasteiger charge is 2.28. The van der Waals surface area contributed by atoms with Crippen LogP contribution in [0.5, 0.6) is 0 Å². The van der Waals surface area contributed by atoms with Crippen LogP contribution < -0.4 is 0 Å². The number of hydrogen-bond acceptors (Lipinski definition) is 6. The molecule has 0 fully saturated rings. The van der Waals surface area contributed by atoms with Crippen LogP contribution in [0.3, 0.4) is 0 Å². The van der Waals surface area contributed by atoms with Gasteiger partial charge in [0.05, 0.1) is 25.9 Å². The van der Waals surface area contributed by atoms with E-state index >= 15 is 0 Å². The topological polar surface area (TPSA) is 71.1 Å². The van der Waals surface area contributed by atoms with Crippen molar-refractivity contribution in [1.29, 1.82) is 0 Å². The van der Waals surface area contributed by atoms with E-state index in [-0.39, 0.29) is 19.8 Å². The van der Waals surface area contributed by atoms with Gasteiger partial charge in [0.25, 0.3) is 0 Å². The SMILES string of the molecule is CCOC(=O)/C(F)=C/[C@H](C)OP(=O)(OCC)OCC. The Balaban J connectivity index is 4.64. The summed E-state index contributed by atoms with van der Waals surface area (Å²) in [4.78, 5) is 11.0. The fraction of sp³-hybridized carbons (Fsp3) is 0.727. The number of phosphoric acid groups is 1. The molecule has 0 bridgehead atoms. The zero-order valence-electron chi connectivity index (χ0n) is 11.6. The molecule has 0 heterocycles. The first-order chi connectivity index (χ1) is 8.88. The summed E-state index contributed by atoms with van der Waals surface area (Å²) in [6.45, 7) is 6.50. The predicted molar refractivity (Wildman–Crippen MR) is 67.2 cm³/mol. The number of carbonyl (C=O) groups excluding carboxylic acids is 1. The highest BCUT2D eigenvalue weighted by Crippen LogP contribution is 2.50. The largest absolute Gasteiger partial charge is 0.475 e. The van der Waals surface area contributed by atoms with Crippen molar-refractivity contribution in [1.82, 2.24) is 0 Å². The lowest BCUT2D eigenvalue weighted by Gasteiger charge is -2.18. The van der Waals surface area contributed by atoms with E-state index in [9.17, 15) is 13.8 Å². The predicted octanol–water partition coefficient (Wildman–Crippen LogP) is 2.99. The van der Waals surface area contributed by atoms with Crippen LogP contribution in [0.4, 0.5) is 4.39 Å². The van der Waals surface area contributed by atoms with E-state index in [1.807, 2.05) is 0 Å². The van der Waals surface area contributed by atoms with Crippen molar-refractivity contribution in [3.05, 3.63) is 11.9 Å². The van der Waals surface area contributed by atoms with E-state index in [1.54, 1.807) is 20.8 Å². The van der Waals surface area contributed by atoms with E-state index in [0.717, 1.165) is 6.08 Å². The minimum absolute atomic E-state index is 0.0612. The molecule has 0 amide bonds. The lowest BCUT2D eigenvalue weighted by molar-refractivity contribution is -0.140. The summed E-state index contributed by atoms with van der Waals surface area (Å²) in [6, 6.07) is 0. The molecule has 0 saturated carbocycles. The van der Waals surface area contributed by atoms with E-state index in [1.165, 1.54) is 6.92 Å². The molecule has 0 aliphatic carbocycles. The smallest absolute Gasteiger partial charge is 0.461 e. The number of hydrogen-bond donors (Lipinski definition) is 0. The number of carbonyl (C=O) groups is 1. The Kier molecular flexibility index (Phi) is 8.84. The van der Waals surface area contributed by atoms with Gasteiger partial charge < -0.3 is 4.74 Å². The molecule has 0 aliphatic rings. The van der Waals surface area contributed by atoms with Crippen LogP contribution in [-0.4, -0.2) is 31.9 Å². The molecular weight excluding hydrogens is 278 g/mol. The Morgan fingerprint density at radius 2 is 1.74 bits per heavy atom. The molecule has 6 nitrogen and oxygen atoms in total. The molecule has 0 aromatic rings. The van der Waals surface area contributed by atoms with E-state index < -0.39 is 25.7 Å². The molecule has 0 aromatic carbocycles. The number of phosphoric ester groups is 1. The van der Waals surface area contributed by atoms with Crippen LogP contribution in [0.1, 0.15) is 27.7 Å². The molecule has 0 N–H and O–H groups in total. The first-order valence-corrected chi connectivity index (χ1v) is 7.46. The van der Waals surface area contributed by atoms with Gasteiger partial charge in [-0.2, -0.15) is 4.39 Å². The second-order valence-electron chi connectivity index (χ2n) is 3.33. The molecule has 0 aliphatic heterocycles.